The molecule has 1 fully saturated rings. The third kappa shape index (κ3) is 5.41. The highest BCUT2D eigenvalue weighted by Gasteiger charge is 2.45. The Labute approximate surface area is 210 Å². The van der Waals surface area contributed by atoms with Gasteiger partial charge in [0.2, 0.25) is 5.91 Å². The van der Waals surface area contributed by atoms with Crippen molar-refractivity contribution >= 4 is 22.8 Å². The van der Waals surface area contributed by atoms with Crippen LogP contribution >= 0.6 is 11.8 Å². The van der Waals surface area contributed by atoms with E-state index in [0.29, 0.717) is 38.2 Å². The number of nitrogens with zero attached hydrogens (tertiary/aromatic N) is 5. The van der Waals surface area contributed by atoms with E-state index < -0.39 is 5.54 Å². The summed E-state index contributed by atoms with van der Waals surface area (Å²) in [5.74, 6) is 0.113. The molecule has 9 heteroatoms. The average Bonchev–Trinajstić information content (AvgIpc) is 3.36. The SMILES string of the molecule is C=CC/C=C(\C(=C/C)[N+](=O)[O-])C1(C)CN2C(CN3CCN(Cc4ccccc4)CC3=O)=CSC2=N1. The van der Waals surface area contributed by atoms with Crippen LogP contribution in [-0.4, -0.2) is 69.0 Å². The summed E-state index contributed by atoms with van der Waals surface area (Å²) in [4.78, 5) is 35.4. The van der Waals surface area contributed by atoms with Crippen LogP contribution < -0.4 is 0 Å². The maximum absolute atomic E-state index is 12.9. The van der Waals surface area contributed by atoms with Crippen molar-refractivity contribution < 1.29 is 9.72 Å². The van der Waals surface area contributed by atoms with Gasteiger partial charge in [-0.25, -0.2) is 4.99 Å². The quantitative estimate of drug-likeness (QED) is 0.224. The van der Waals surface area contributed by atoms with Crippen molar-refractivity contribution in [1.82, 2.24) is 14.7 Å². The first-order valence-corrected chi connectivity index (χ1v) is 12.6. The Kier molecular flexibility index (Phi) is 7.57. The summed E-state index contributed by atoms with van der Waals surface area (Å²) in [7, 11) is 0. The van der Waals surface area contributed by atoms with Crippen molar-refractivity contribution in [2.75, 3.05) is 32.7 Å². The van der Waals surface area contributed by atoms with Crippen LogP contribution in [0.25, 0.3) is 0 Å². The molecule has 8 nitrogen and oxygen atoms in total. The molecule has 1 amide bonds. The van der Waals surface area contributed by atoms with Crippen LogP contribution in [0.3, 0.4) is 0 Å². The predicted molar refractivity (Wildman–Crippen MR) is 140 cm³/mol. The lowest BCUT2D eigenvalue weighted by Crippen LogP contribution is -2.51. The number of amides is 1. The summed E-state index contributed by atoms with van der Waals surface area (Å²) in [6, 6.07) is 10.2. The monoisotopic (exact) mass is 493 g/mol. The molecule has 3 aliphatic rings. The Bertz CT molecular complexity index is 1130. The number of rotatable bonds is 9. The molecule has 1 aromatic carbocycles. The zero-order valence-electron chi connectivity index (χ0n) is 20.2. The number of aliphatic imine (C=N–C) groups is 1. The smallest absolute Gasteiger partial charge is 0.270 e. The van der Waals surface area contributed by atoms with E-state index in [0.717, 1.165) is 24.0 Å². The van der Waals surface area contributed by atoms with E-state index in [1.54, 1.807) is 13.0 Å². The molecular formula is C26H31N5O3S. The topological polar surface area (TPSA) is 82.3 Å². The largest absolute Gasteiger partial charge is 0.334 e. The van der Waals surface area contributed by atoms with Crippen LogP contribution in [0.1, 0.15) is 25.8 Å². The molecule has 0 saturated carbocycles. The fourth-order valence-electron chi connectivity index (χ4n) is 4.71. The van der Waals surface area contributed by atoms with Crippen LogP contribution in [0.2, 0.25) is 0 Å². The molecule has 3 aliphatic heterocycles. The van der Waals surface area contributed by atoms with Gasteiger partial charge in [-0.05, 0) is 31.9 Å². The number of allylic oxidation sites excluding steroid dienone is 3. The van der Waals surface area contributed by atoms with Gasteiger partial charge in [-0.2, -0.15) is 0 Å². The Morgan fingerprint density at radius 2 is 2.06 bits per heavy atom. The maximum atomic E-state index is 12.9. The summed E-state index contributed by atoms with van der Waals surface area (Å²) in [6.07, 6.45) is 5.63. The van der Waals surface area contributed by atoms with E-state index >= 15 is 0 Å². The molecule has 1 unspecified atom stereocenters. The van der Waals surface area contributed by atoms with E-state index in [-0.39, 0.29) is 16.5 Å². The average molecular weight is 494 g/mol. The summed E-state index contributed by atoms with van der Waals surface area (Å²) in [5, 5.41) is 14.6. The molecule has 3 heterocycles. The minimum absolute atomic E-state index is 0.0696. The third-order valence-electron chi connectivity index (χ3n) is 6.50. The molecule has 0 aliphatic carbocycles. The number of hydrogen-bond acceptors (Lipinski definition) is 7. The van der Waals surface area contributed by atoms with Gasteiger partial charge in [0, 0.05) is 30.7 Å². The number of nitro groups is 1. The van der Waals surface area contributed by atoms with Crippen molar-refractivity contribution in [2.45, 2.75) is 32.4 Å². The molecule has 184 valence electrons. The lowest BCUT2D eigenvalue weighted by molar-refractivity contribution is -0.421. The van der Waals surface area contributed by atoms with Crippen LogP contribution in [0.15, 0.2) is 82.5 Å². The van der Waals surface area contributed by atoms with Crippen molar-refractivity contribution in [2.24, 2.45) is 4.99 Å². The van der Waals surface area contributed by atoms with Crippen molar-refractivity contribution in [3.63, 3.8) is 0 Å². The highest BCUT2D eigenvalue weighted by Crippen LogP contribution is 2.41. The minimum Gasteiger partial charge on any atom is -0.334 e. The molecule has 0 N–H and O–H groups in total. The molecule has 1 atom stereocenters. The zero-order chi connectivity index (χ0) is 25.0. The van der Waals surface area contributed by atoms with Crippen LogP contribution in [0.5, 0.6) is 0 Å². The molecule has 0 radical (unpaired) electrons. The summed E-state index contributed by atoms with van der Waals surface area (Å²) in [5.41, 5.74) is 2.13. The highest BCUT2D eigenvalue weighted by atomic mass is 32.2. The second-order valence-corrected chi connectivity index (χ2v) is 9.90. The Morgan fingerprint density at radius 1 is 1.29 bits per heavy atom. The fraction of sp³-hybridized carbons (Fsp3) is 0.385. The van der Waals surface area contributed by atoms with Crippen LogP contribution in [0.4, 0.5) is 0 Å². The minimum atomic E-state index is -0.752. The fourth-order valence-corrected chi connectivity index (χ4v) is 5.71. The Hall–Kier alpha value is -3.17. The third-order valence-corrected chi connectivity index (χ3v) is 7.41. The lowest BCUT2D eigenvalue weighted by atomic mass is 9.89. The number of thioether (sulfide) groups is 1. The number of benzene rings is 1. The van der Waals surface area contributed by atoms with Gasteiger partial charge in [-0.3, -0.25) is 19.8 Å². The van der Waals surface area contributed by atoms with Crippen molar-refractivity contribution in [1.29, 1.82) is 0 Å². The van der Waals surface area contributed by atoms with Crippen LogP contribution in [0, 0.1) is 10.1 Å². The van der Waals surface area contributed by atoms with Gasteiger partial charge >= 0.3 is 0 Å². The molecule has 4 rings (SSSR count). The molecule has 35 heavy (non-hydrogen) atoms. The predicted octanol–water partition coefficient (Wildman–Crippen LogP) is 4.03. The van der Waals surface area contributed by atoms with E-state index in [1.165, 1.54) is 23.4 Å². The first-order valence-electron chi connectivity index (χ1n) is 11.7. The number of carbonyl (C=O) groups excluding carboxylic acids is 1. The second kappa shape index (κ2) is 10.6. The first kappa shape index (κ1) is 24.9. The maximum Gasteiger partial charge on any atom is 0.270 e. The van der Waals surface area contributed by atoms with Crippen LogP contribution in [-0.2, 0) is 11.3 Å². The molecule has 0 aromatic heterocycles. The van der Waals surface area contributed by atoms with Gasteiger partial charge in [0.1, 0.15) is 5.54 Å². The summed E-state index contributed by atoms with van der Waals surface area (Å²) in [6.45, 7) is 11.0. The van der Waals surface area contributed by atoms with Gasteiger partial charge in [0.25, 0.3) is 5.70 Å². The molecule has 0 spiro atoms. The zero-order valence-corrected chi connectivity index (χ0v) is 21.0. The Balaban J connectivity index is 1.42. The first-order chi connectivity index (χ1) is 16.8. The molecule has 1 saturated heterocycles. The number of carbonyl (C=O) groups is 1. The highest BCUT2D eigenvalue weighted by molar-refractivity contribution is 8.16. The number of fused-ring (bicyclic) bond motifs is 1. The van der Waals surface area contributed by atoms with E-state index in [4.69, 9.17) is 4.99 Å². The second-order valence-electron chi connectivity index (χ2n) is 9.07. The normalized spacial score (nSPS) is 23.3. The number of amidine groups is 1. The van der Waals surface area contributed by atoms with E-state index in [1.807, 2.05) is 41.5 Å². The van der Waals surface area contributed by atoms with Gasteiger partial charge < -0.3 is 9.80 Å². The summed E-state index contributed by atoms with van der Waals surface area (Å²) >= 11 is 1.51. The standard InChI is InChI=1S/C26H31N5O3S/c1-4-6-12-22(23(5-2)31(33)34)26(3)19-30-21(18-35-25(30)27-26)16-29-14-13-28(17-24(29)32)15-20-10-8-7-9-11-20/h4-5,7-12,18H,1,6,13-17,19H2,2-3H3/b22-12+,23-5+. The molecule has 0 bridgehead atoms. The van der Waals surface area contributed by atoms with Gasteiger partial charge in [0.15, 0.2) is 5.17 Å². The van der Waals surface area contributed by atoms with Gasteiger partial charge in [-0.15, -0.1) is 6.58 Å². The van der Waals surface area contributed by atoms with Gasteiger partial charge in [0.05, 0.1) is 30.1 Å². The number of piperazine rings is 1. The van der Waals surface area contributed by atoms with Crippen molar-refractivity contribution in [3.05, 3.63) is 93.2 Å². The Morgan fingerprint density at radius 3 is 2.71 bits per heavy atom. The van der Waals surface area contributed by atoms with Gasteiger partial charge in [-0.1, -0.05) is 54.2 Å². The lowest BCUT2D eigenvalue weighted by Gasteiger charge is -2.35. The van der Waals surface area contributed by atoms with E-state index in [2.05, 4.69) is 28.5 Å². The van der Waals surface area contributed by atoms with E-state index in [9.17, 15) is 14.9 Å². The number of hydrogen-bond donors (Lipinski definition) is 0. The summed E-state index contributed by atoms with van der Waals surface area (Å²) < 4.78 is 0. The molecular weight excluding hydrogens is 462 g/mol. The van der Waals surface area contributed by atoms with Crippen molar-refractivity contribution in [3.8, 4) is 0 Å². The molecule has 1 aromatic rings.